The number of nitrogens with one attached hydrogen (secondary N) is 2. The lowest BCUT2D eigenvalue weighted by Gasteiger charge is -2.43. The Kier molecular flexibility index (Phi) is 8.16. The molecule has 0 saturated carbocycles. The van der Waals surface area contributed by atoms with E-state index in [2.05, 4.69) is 14.9 Å². The molecule has 2 fully saturated rings. The maximum atomic E-state index is 12.5. The zero-order chi connectivity index (χ0) is 22.5. The van der Waals surface area contributed by atoms with E-state index in [0.29, 0.717) is 32.0 Å². The Labute approximate surface area is 187 Å². The van der Waals surface area contributed by atoms with E-state index in [1.807, 2.05) is 30.8 Å². The quantitative estimate of drug-likeness (QED) is 0.380. The van der Waals surface area contributed by atoms with Gasteiger partial charge in [-0.25, -0.2) is 13.1 Å². The van der Waals surface area contributed by atoms with E-state index in [-0.39, 0.29) is 22.7 Å². The first-order chi connectivity index (χ1) is 14.7. The minimum atomic E-state index is -3.82. The Bertz CT molecular complexity index is 868. The molecular formula is C19H31N5O5S2. The fraction of sp³-hybridized carbons (Fsp3) is 0.684. The van der Waals surface area contributed by atoms with Crippen LogP contribution in [0.5, 0.6) is 0 Å². The molecule has 2 heterocycles. The van der Waals surface area contributed by atoms with E-state index in [9.17, 15) is 18.5 Å². The number of anilines is 1. The van der Waals surface area contributed by atoms with Crippen LogP contribution in [-0.2, 0) is 14.8 Å². The highest BCUT2D eigenvalue weighted by atomic mass is 32.2. The molecule has 1 atom stereocenters. The largest absolute Gasteiger partial charge is 0.379 e. The highest BCUT2D eigenvalue weighted by Gasteiger charge is 2.40. The van der Waals surface area contributed by atoms with Crippen molar-refractivity contribution >= 4 is 33.2 Å². The van der Waals surface area contributed by atoms with Gasteiger partial charge in [0.1, 0.15) is 5.69 Å². The van der Waals surface area contributed by atoms with Crippen molar-refractivity contribution in [2.75, 3.05) is 76.9 Å². The molecular weight excluding hydrogens is 442 g/mol. The molecule has 0 aromatic heterocycles. The summed E-state index contributed by atoms with van der Waals surface area (Å²) < 4.78 is 33.0. The van der Waals surface area contributed by atoms with Crippen LogP contribution >= 0.6 is 11.8 Å². The second-order valence-corrected chi connectivity index (χ2v) is 11.0. The van der Waals surface area contributed by atoms with Gasteiger partial charge in [-0.2, -0.15) is 11.8 Å². The van der Waals surface area contributed by atoms with Crippen LogP contribution in [0, 0.1) is 10.1 Å². The van der Waals surface area contributed by atoms with Crippen LogP contribution in [0.2, 0.25) is 0 Å². The van der Waals surface area contributed by atoms with E-state index in [0.717, 1.165) is 37.1 Å². The van der Waals surface area contributed by atoms with Gasteiger partial charge in [0, 0.05) is 50.1 Å². The van der Waals surface area contributed by atoms with Crippen LogP contribution in [0.3, 0.4) is 0 Å². The summed E-state index contributed by atoms with van der Waals surface area (Å²) in [5.74, 6) is 2.01. The van der Waals surface area contributed by atoms with Crippen LogP contribution in [0.15, 0.2) is 23.1 Å². The molecule has 174 valence electrons. The lowest BCUT2D eigenvalue weighted by Crippen LogP contribution is -2.57. The van der Waals surface area contributed by atoms with Gasteiger partial charge in [0.15, 0.2) is 0 Å². The third-order valence-corrected chi connectivity index (χ3v) is 8.39. The normalized spacial score (nSPS) is 22.7. The van der Waals surface area contributed by atoms with Gasteiger partial charge in [0.2, 0.25) is 10.0 Å². The number of hydrogen-bond donors (Lipinski definition) is 2. The summed E-state index contributed by atoms with van der Waals surface area (Å²) in [4.78, 5) is 15.3. The third kappa shape index (κ3) is 6.08. The van der Waals surface area contributed by atoms with Crippen molar-refractivity contribution in [3.05, 3.63) is 28.3 Å². The molecule has 12 heteroatoms. The monoisotopic (exact) mass is 473 g/mol. The Morgan fingerprint density at radius 2 is 2.06 bits per heavy atom. The summed E-state index contributed by atoms with van der Waals surface area (Å²) in [6, 6.07) is 4.04. The Hall–Kier alpha value is -1.44. The van der Waals surface area contributed by atoms with Gasteiger partial charge in [-0.15, -0.1) is 0 Å². The van der Waals surface area contributed by atoms with Crippen molar-refractivity contribution in [1.29, 1.82) is 0 Å². The van der Waals surface area contributed by atoms with Crippen molar-refractivity contribution in [2.45, 2.75) is 16.9 Å². The number of nitrogens with zero attached hydrogens (tertiary/aromatic N) is 3. The summed E-state index contributed by atoms with van der Waals surface area (Å²) in [6.45, 7) is 4.40. The Morgan fingerprint density at radius 3 is 2.68 bits per heavy atom. The number of nitro groups is 1. The molecule has 1 aromatic rings. The predicted octanol–water partition coefficient (Wildman–Crippen LogP) is 1.05. The molecule has 2 aliphatic rings. The molecule has 10 nitrogen and oxygen atoms in total. The number of rotatable bonds is 10. The maximum Gasteiger partial charge on any atom is 0.293 e. The summed E-state index contributed by atoms with van der Waals surface area (Å²) in [7, 11) is -0.144. The molecule has 1 aromatic carbocycles. The number of thioether (sulfide) groups is 1. The van der Waals surface area contributed by atoms with Crippen molar-refractivity contribution in [3.63, 3.8) is 0 Å². The van der Waals surface area contributed by atoms with Crippen LogP contribution < -0.4 is 10.0 Å². The van der Waals surface area contributed by atoms with E-state index < -0.39 is 14.9 Å². The average Bonchev–Trinajstić information content (AvgIpc) is 3.22. The lowest BCUT2D eigenvalue weighted by molar-refractivity contribution is -0.384. The number of likely N-dealkylation sites (N-methyl/N-ethyl adjacent to an activating group) is 1. The van der Waals surface area contributed by atoms with Gasteiger partial charge in [0.25, 0.3) is 5.69 Å². The number of nitro benzene ring substituents is 1. The topological polar surface area (TPSA) is 117 Å². The van der Waals surface area contributed by atoms with Gasteiger partial charge in [-0.3, -0.25) is 15.0 Å². The maximum absolute atomic E-state index is 12.5. The van der Waals surface area contributed by atoms with Crippen molar-refractivity contribution < 1.29 is 18.1 Å². The molecule has 1 unspecified atom stereocenters. The molecule has 2 N–H and O–H groups in total. The van der Waals surface area contributed by atoms with Gasteiger partial charge < -0.3 is 15.0 Å². The van der Waals surface area contributed by atoms with Gasteiger partial charge in [-0.1, -0.05) is 0 Å². The number of morpholine rings is 1. The van der Waals surface area contributed by atoms with Crippen molar-refractivity contribution in [1.82, 2.24) is 14.5 Å². The second-order valence-electron chi connectivity index (χ2n) is 8.12. The van der Waals surface area contributed by atoms with Gasteiger partial charge >= 0.3 is 0 Å². The Morgan fingerprint density at radius 1 is 1.32 bits per heavy atom. The molecule has 2 saturated heterocycles. The van der Waals surface area contributed by atoms with Crippen molar-refractivity contribution in [3.8, 4) is 0 Å². The van der Waals surface area contributed by atoms with Crippen LogP contribution in [0.25, 0.3) is 0 Å². The molecule has 0 aliphatic carbocycles. The van der Waals surface area contributed by atoms with Gasteiger partial charge in [-0.05, 0) is 38.4 Å². The van der Waals surface area contributed by atoms with Crippen LogP contribution in [0.1, 0.15) is 6.42 Å². The molecule has 0 bridgehead atoms. The van der Waals surface area contributed by atoms with E-state index >= 15 is 0 Å². The van der Waals surface area contributed by atoms with Gasteiger partial charge in [0.05, 0.1) is 23.0 Å². The summed E-state index contributed by atoms with van der Waals surface area (Å²) in [5, 5.41) is 14.9. The first kappa shape index (κ1) is 24.2. The predicted molar refractivity (Wildman–Crippen MR) is 122 cm³/mol. The summed E-state index contributed by atoms with van der Waals surface area (Å²) in [5.41, 5.74) is 0.0147. The third-order valence-electron chi connectivity index (χ3n) is 5.70. The average molecular weight is 474 g/mol. The zero-order valence-electron chi connectivity index (χ0n) is 18.0. The molecule has 31 heavy (non-hydrogen) atoms. The molecule has 0 amide bonds. The first-order valence-corrected chi connectivity index (χ1v) is 12.9. The molecule has 3 rings (SSSR count). The fourth-order valence-corrected chi connectivity index (χ4v) is 6.38. The SMILES string of the molecule is CN(C)CCNS(=O)(=O)c1ccc(NCC2(N3CCOCC3)CCSC2)c([N+](=O)[O-])c1. The van der Waals surface area contributed by atoms with Crippen molar-refractivity contribution in [2.24, 2.45) is 0 Å². The summed E-state index contributed by atoms with van der Waals surface area (Å²) in [6.07, 6.45) is 1.00. The number of benzene rings is 1. The smallest absolute Gasteiger partial charge is 0.293 e. The highest BCUT2D eigenvalue weighted by molar-refractivity contribution is 7.99. The second kappa shape index (κ2) is 10.5. The Balaban J connectivity index is 1.76. The summed E-state index contributed by atoms with van der Waals surface area (Å²) >= 11 is 1.89. The molecule has 0 spiro atoms. The number of ether oxygens (including phenoxy) is 1. The number of sulfonamides is 1. The van der Waals surface area contributed by atoms with E-state index in [1.165, 1.54) is 12.1 Å². The van der Waals surface area contributed by atoms with Crippen LogP contribution in [-0.4, -0.2) is 100 Å². The zero-order valence-corrected chi connectivity index (χ0v) is 19.6. The van der Waals surface area contributed by atoms with E-state index in [4.69, 9.17) is 4.74 Å². The highest BCUT2D eigenvalue weighted by Crippen LogP contribution is 2.35. The molecule has 0 radical (unpaired) electrons. The minimum absolute atomic E-state index is 0.0825. The molecule has 2 aliphatic heterocycles. The van der Waals surface area contributed by atoms with Crippen LogP contribution in [0.4, 0.5) is 11.4 Å². The fourth-order valence-electron chi connectivity index (χ4n) is 3.86. The number of hydrogen-bond acceptors (Lipinski definition) is 9. The standard InChI is InChI=1S/C19H31N5O5S2/c1-22(2)7-6-21-31(27,28)16-3-4-17(18(13-16)24(25)26)20-14-19(5-12-30-15-19)23-8-10-29-11-9-23/h3-4,13,20-21H,5-12,14-15H2,1-2H3. The minimum Gasteiger partial charge on any atom is -0.379 e. The van der Waals surface area contributed by atoms with E-state index in [1.54, 1.807) is 0 Å². The first-order valence-electron chi connectivity index (χ1n) is 10.3. The lowest BCUT2D eigenvalue weighted by atomic mass is 9.95.